The van der Waals surface area contributed by atoms with Gasteiger partial charge in [0.05, 0.1) is 0 Å². The zero-order valence-corrected chi connectivity index (χ0v) is 54.9. The van der Waals surface area contributed by atoms with Gasteiger partial charge < -0.3 is 14.2 Å². The summed E-state index contributed by atoms with van der Waals surface area (Å²) >= 11 is 0. The van der Waals surface area contributed by atoms with E-state index < -0.39 is 6.10 Å². The second-order valence-corrected chi connectivity index (χ2v) is 23.7. The summed E-state index contributed by atoms with van der Waals surface area (Å²) in [6.45, 7) is 6.40. The van der Waals surface area contributed by atoms with Gasteiger partial charge in [-0.3, -0.25) is 14.4 Å². The largest absolute Gasteiger partial charge is 0.462 e. The zero-order chi connectivity index (χ0) is 59.9. The van der Waals surface area contributed by atoms with Gasteiger partial charge in [0.15, 0.2) is 6.10 Å². The molecular weight excluding hydrogens is 1020 g/mol. The van der Waals surface area contributed by atoms with Crippen LogP contribution in [0.2, 0.25) is 0 Å². The van der Waals surface area contributed by atoms with Crippen LogP contribution in [-0.4, -0.2) is 37.2 Å². The maximum Gasteiger partial charge on any atom is 0.306 e. The van der Waals surface area contributed by atoms with Gasteiger partial charge in [-0.15, -0.1) is 0 Å². The Kier molecular flexibility index (Phi) is 67.7. The van der Waals surface area contributed by atoms with Crippen molar-refractivity contribution in [2.24, 2.45) is 0 Å². The molecule has 0 fully saturated rings. The van der Waals surface area contributed by atoms with Gasteiger partial charge in [0.2, 0.25) is 0 Å². The minimum absolute atomic E-state index is 0.0954. The molecule has 0 aliphatic rings. The number of rotatable bonds is 65. The molecule has 1 unspecified atom stereocenters. The zero-order valence-electron chi connectivity index (χ0n) is 54.9. The standard InChI is InChI=1S/C77H134O6/c1-4-7-10-13-16-19-22-25-27-29-31-33-35-36-37-38-39-40-42-43-45-47-49-52-55-58-61-64-67-70-76(79)82-73-74(72-81-75(78)69-66-63-60-57-54-51-24-21-18-15-12-9-6-3)83-77(80)71-68-65-62-59-56-53-50-48-46-44-41-34-32-30-28-26-23-20-17-14-11-8-5-2/h7,9-10,12,16,18-19,21,25,27,31,33,51,54,60,63,74H,4-6,8,11,13-15,17,20,22-24,26,28-30,32,34-50,52-53,55-59,61-62,64-73H2,1-3H3/b10-7-,12-9-,19-16-,21-18-,27-25-,33-31-,54-51-,63-60-. The summed E-state index contributed by atoms with van der Waals surface area (Å²) in [7, 11) is 0. The van der Waals surface area contributed by atoms with Crippen LogP contribution in [0.25, 0.3) is 0 Å². The maximum atomic E-state index is 13.0. The van der Waals surface area contributed by atoms with Crippen molar-refractivity contribution < 1.29 is 28.6 Å². The van der Waals surface area contributed by atoms with Crippen LogP contribution in [0.15, 0.2) is 97.2 Å². The minimum atomic E-state index is -0.805. The Hall–Kier alpha value is -3.67. The second-order valence-electron chi connectivity index (χ2n) is 23.7. The molecule has 0 radical (unpaired) electrons. The summed E-state index contributed by atoms with van der Waals surface area (Å²) in [6.07, 6.45) is 96.1. The Balaban J connectivity index is 4.25. The molecule has 0 spiro atoms. The molecule has 0 aromatic rings. The molecule has 0 N–H and O–H groups in total. The number of hydrogen-bond donors (Lipinski definition) is 0. The van der Waals surface area contributed by atoms with Crippen molar-refractivity contribution in [1.29, 1.82) is 0 Å². The third kappa shape index (κ3) is 69.0. The average Bonchev–Trinajstić information content (AvgIpc) is 3.49. The van der Waals surface area contributed by atoms with E-state index in [0.29, 0.717) is 19.3 Å². The molecule has 6 nitrogen and oxygen atoms in total. The molecule has 0 aliphatic carbocycles. The fourth-order valence-electron chi connectivity index (χ4n) is 10.3. The lowest BCUT2D eigenvalue weighted by Gasteiger charge is -2.18. The third-order valence-electron chi connectivity index (χ3n) is 15.6. The van der Waals surface area contributed by atoms with Gasteiger partial charge in [0.1, 0.15) is 13.2 Å². The van der Waals surface area contributed by atoms with Crippen LogP contribution < -0.4 is 0 Å². The Bertz CT molecular complexity index is 1610. The SMILES string of the molecule is CC/C=C\C/C=C\C/C=C\C/C=C\CCCCCCCCCCCCCCCCCCC(=O)OCC(COC(=O)CC/C=C\C/C=C\C/C=C\C/C=C\CC)OC(=O)CCCCCCCCCCCCCCCCCCCCCCCCC. The smallest absolute Gasteiger partial charge is 0.306 e. The van der Waals surface area contributed by atoms with Gasteiger partial charge in [0.25, 0.3) is 0 Å². The van der Waals surface area contributed by atoms with Gasteiger partial charge in [-0.05, 0) is 83.5 Å². The molecular formula is C77H134O6. The van der Waals surface area contributed by atoms with Crippen molar-refractivity contribution in [2.75, 3.05) is 13.2 Å². The first kappa shape index (κ1) is 79.3. The van der Waals surface area contributed by atoms with Gasteiger partial charge in [-0.1, -0.05) is 349 Å². The number of hydrogen-bond acceptors (Lipinski definition) is 6. The summed E-state index contributed by atoms with van der Waals surface area (Å²) in [5.74, 6) is -0.962. The summed E-state index contributed by atoms with van der Waals surface area (Å²) < 4.78 is 16.9. The number of carbonyl (C=O) groups is 3. The van der Waals surface area contributed by atoms with Crippen molar-refractivity contribution in [3.05, 3.63) is 97.2 Å². The highest BCUT2D eigenvalue weighted by atomic mass is 16.6. The maximum absolute atomic E-state index is 13.0. The predicted molar refractivity (Wildman–Crippen MR) is 362 cm³/mol. The number of unbranched alkanes of at least 4 members (excludes halogenated alkanes) is 38. The minimum Gasteiger partial charge on any atom is -0.462 e. The molecule has 0 saturated carbocycles. The summed E-state index contributed by atoms with van der Waals surface area (Å²) in [5, 5.41) is 0. The Morgan fingerprint density at radius 2 is 0.494 bits per heavy atom. The van der Waals surface area contributed by atoms with E-state index in [1.165, 1.54) is 218 Å². The van der Waals surface area contributed by atoms with Crippen LogP contribution in [-0.2, 0) is 28.6 Å². The molecule has 0 saturated heterocycles. The number of esters is 3. The Morgan fingerprint density at radius 3 is 0.807 bits per heavy atom. The van der Waals surface area contributed by atoms with Crippen molar-refractivity contribution in [1.82, 2.24) is 0 Å². The number of carbonyl (C=O) groups excluding carboxylic acids is 3. The van der Waals surface area contributed by atoms with Gasteiger partial charge in [-0.2, -0.15) is 0 Å². The van der Waals surface area contributed by atoms with Crippen LogP contribution in [0.5, 0.6) is 0 Å². The van der Waals surface area contributed by atoms with E-state index in [1.54, 1.807) is 0 Å². The Morgan fingerprint density at radius 1 is 0.253 bits per heavy atom. The number of allylic oxidation sites excluding steroid dienone is 16. The molecule has 0 amide bonds. The van der Waals surface area contributed by atoms with Crippen LogP contribution >= 0.6 is 0 Å². The molecule has 1 atom stereocenters. The Labute approximate surface area is 515 Å². The summed E-state index contributed by atoms with van der Waals surface area (Å²) in [5.41, 5.74) is 0. The first-order valence-electron chi connectivity index (χ1n) is 35.7. The monoisotopic (exact) mass is 1160 g/mol. The van der Waals surface area contributed by atoms with Crippen LogP contribution in [0, 0.1) is 0 Å². The van der Waals surface area contributed by atoms with E-state index in [9.17, 15) is 14.4 Å². The van der Waals surface area contributed by atoms with Crippen molar-refractivity contribution in [3.8, 4) is 0 Å². The molecule has 0 aromatic heterocycles. The van der Waals surface area contributed by atoms with E-state index in [-0.39, 0.29) is 37.5 Å². The molecule has 478 valence electrons. The summed E-state index contributed by atoms with van der Waals surface area (Å²) in [6, 6.07) is 0. The van der Waals surface area contributed by atoms with E-state index in [1.807, 2.05) is 6.08 Å². The van der Waals surface area contributed by atoms with E-state index in [0.717, 1.165) is 89.9 Å². The fraction of sp³-hybridized carbons (Fsp3) is 0.753. The molecule has 0 rings (SSSR count). The molecule has 0 heterocycles. The second kappa shape index (κ2) is 70.8. The lowest BCUT2D eigenvalue weighted by molar-refractivity contribution is -0.166. The van der Waals surface area contributed by atoms with Crippen molar-refractivity contribution in [2.45, 2.75) is 361 Å². The first-order chi connectivity index (χ1) is 41.0. The quantitative estimate of drug-likeness (QED) is 0.0261. The highest BCUT2D eigenvalue weighted by molar-refractivity contribution is 5.71. The van der Waals surface area contributed by atoms with Crippen molar-refractivity contribution >= 4 is 17.9 Å². The van der Waals surface area contributed by atoms with Gasteiger partial charge in [0, 0.05) is 19.3 Å². The van der Waals surface area contributed by atoms with Gasteiger partial charge in [-0.25, -0.2) is 0 Å². The lowest BCUT2D eigenvalue weighted by atomic mass is 10.0. The lowest BCUT2D eigenvalue weighted by Crippen LogP contribution is -2.30. The topological polar surface area (TPSA) is 78.9 Å². The van der Waals surface area contributed by atoms with Crippen molar-refractivity contribution in [3.63, 3.8) is 0 Å². The number of ether oxygens (including phenoxy) is 3. The molecule has 6 heteroatoms. The molecule has 0 aromatic carbocycles. The third-order valence-corrected chi connectivity index (χ3v) is 15.6. The molecule has 0 aliphatic heterocycles. The highest BCUT2D eigenvalue weighted by Gasteiger charge is 2.19. The highest BCUT2D eigenvalue weighted by Crippen LogP contribution is 2.18. The molecule has 0 bridgehead atoms. The van der Waals surface area contributed by atoms with E-state index >= 15 is 0 Å². The normalized spacial score (nSPS) is 12.7. The fourth-order valence-corrected chi connectivity index (χ4v) is 10.3. The van der Waals surface area contributed by atoms with Crippen LogP contribution in [0.4, 0.5) is 0 Å². The summed E-state index contributed by atoms with van der Waals surface area (Å²) in [4.78, 5) is 38.4. The van der Waals surface area contributed by atoms with E-state index in [4.69, 9.17) is 14.2 Å². The first-order valence-corrected chi connectivity index (χ1v) is 35.7. The van der Waals surface area contributed by atoms with Gasteiger partial charge >= 0.3 is 17.9 Å². The molecule has 83 heavy (non-hydrogen) atoms. The van der Waals surface area contributed by atoms with Crippen LogP contribution in [0.1, 0.15) is 355 Å². The van der Waals surface area contributed by atoms with Crippen LogP contribution in [0.3, 0.4) is 0 Å². The van der Waals surface area contributed by atoms with E-state index in [2.05, 4.69) is 112 Å². The predicted octanol–water partition coefficient (Wildman–Crippen LogP) is 24.8. The average molecular weight is 1160 g/mol.